The van der Waals surface area contributed by atoms with Crippen LogP contribution in [0.15, 0.2) is 47.4 Å². The van der Waals surface area contributed by atoms with Crippen LogP contribution < -0.4 is 15.2 Å². The summed E-state index contributed by atoms with van der Waals surface area (Å²) in [5, 5.41) is -0.757. The van der Waals surface area contributed by atoms with E-state index < -0.39 is 32.5 Å². The molecule has 2 N–H and O–H groups in total. The van der Waals surface area contributed by atoms with Crippen LogP contribution in [0.4, 0.5) is 0 Å². The first-order valence-corrected chi connectivity index (χ1v) is 10.6. The summed E-state index contributed by atoms with van der Waals surface area (Å²) in [6.45, 7) is 1.82. The molecule has 9 heteroatoms. The maximum absolute atomic E-state index is 13.3. The number of hydrogen-bond acceptors (Lipinski definition) is 7. The summed E-state index contributed by atoms with van der Waals surface area (Å²) >= 11 is 5.86. The summed E-state index contributed by atoms with van der Waals surface area (Å²) in [5.74, 6) is -0.486. The van der Waals surface area contributed by atoms with Crippen LogP contribution >= 0.6 is 11.6 Å². The number of carbonyl (C=O) groups is 1. The molecular weight excluding hydrogens is 406 g/mol. The van der Waals surface area contributed by atoms with Crippen molar-refractivity contribution in [2.45, 2.75) is 28.5 Å². The predicted molar refractivity (Wildman–Crippen MR) is 101 cm³/mol. The second kappa shape index (κ2) is 6.65. The molecule has 0 amide bonds. The molecule has 28 heavy (non-hydrogen) atoms. The molecule has 1 saturated carbocycles. The lowest BCUT2D eigenvalue weighted by atomic mass is 10.1. The third-order valence-corrected chi connectivity index (χ3v) is 7.55. The van der Waals surface area contributed by atoms with E-state index >= 15 is 0 Å². The zero-order chi connectivity index (χ0) is 20.1. The van der Waals surface area contributed by atoms with Gasteiger partial charge < -0.3 is 19.9 Å². The number of rotatable bonds is 5. The highest BCUT2D eigenvalue weighted by Gasteiger charge is 2.74. The largest absolute Gasteiger partial charge is 0.465 e. The number of ether oxygens (including phenoxy) is 3. The first-order valence-electron chi connectivity index (χ1n) is 8.65. The topological polar surface area (TPSA) is 105 Å². The van der Waals surface area contributed by atoms with Gasteiger partial charge >= 0.3 is 5.97 Å². The number of hydrogen-bond donors (Lipinski definition) is 1. The molecule has 0 aromatic heterocycles. The molecule has 1 aliphatic carbocycles. The second-order valence-corrected chi connectivity index (χ2v) is 9.17. The molecule has 4 rings (SSSR count). The molecule has 2 aliphatic rings. The molecule has 0 bridgehead atoms. The molecule has 1 aliphatic heterocycles. The minimum absolute atomic E-state index is 0.0456. The highest BCUT2D eigenvalue weighted by Crippen LogP contribution is 2.57. The van der Waals surface area contributed by atoms with Gasteiger partial charge in [-0.05, 0) is 48.9 Å². The van der Waals surface area contributed by atoms with Crippen molar-refractivity contribution in [3.8, 4) is 11.5 Å². The van der Waals surface area contributed by atoms with Gasteiger partial charge in [-0.1, -0.05) is 17.7 Å². The first-order chi connectivity index (χ1) is 13.3. The normalized spacial score (nSPS) is 25.4. The SMILES string of the molecule is CCOC(=O)[C@]1(N)[C@@H](c2ccc3c(c2)OCO3)[C@@H]1S(=O)(=O)c1ccc(Cl)cc1. The van der Waals surface area contributed by atoms with Gasteiger partial charge in [0.1, 0.15) is 10.8 Å². The van der Waals surface area contributed by atoms with Gasteiger partial charge in [0.15, 0.2) is 21.3 Å². The van der Waals surface area contributed by atoms with Crippen LogP contribution in [0.2, 0.25) is 5.02 Å². The molecule has 3 atom stereocenters. The van der Waals surface area contributed by atoms with Crippen LogP contribution in [0.1, 0.15) is 18.4 Å². The average molecular weight is 424 g/mol. The first kappa shape index (κ1) is 19.0. The summed E-state index contributed by atoms with van der Waals surface area (Å²) in [6, 6.07) is 10.8. The van der Waals surface area contributed by atoms with Gasteiger partial charge in [-0.3, -0.25) is 0 Å². The highest BCUT2D eigenvalue weighted by atomic mass is 35.5. The fourth-order valence-corrected chi connectivity index (χ4v) is 5.99. The second-order valence-electron chi connectivity index (χ2n) is 6.66. The summed E-state index contributed by atoms with van der Waals surface area (Å²) in [6.07, 6.45) is 0. The average Bonchev–Trinajstić information content (AvgIpc) is 3.07. The van der Waals surface area contributed by atoms with Gasteiger partial charge in [-0.15, -0.1) is 0 Å². The third-order valence-electron chi connectivity index (χ3n) is 5.04. The Kier molecular flexibility index (Phi) is 4.52. The zero-order valence-electron chi connectivity index (χ0n) is 14.9. The Labute approximate surface area is 167 Å². The van der Waals surface area contributed by atoms with E-state index in [-0.39, 0.29) is 18.3 Å². The van der Waals surface area contributed by atoms with Crippen molar-refractivity contribution in [3.63, 3.8) is 0 Å². The fraction of sp³-hybridized carbons (Fsp3) is 0.316. The zero-order valence-corrected chi connectivity index (χ0v) is 16.5. The highest BCUT2D eigenvalue weighted by molar-refractivity contribution is 7.92. The van der Waals surface area contributed by atoms with Gasteiger partial charge in [-0.2, -0.15) is 0 Å². The summed E-state index contributed by atoms with van der Waals surface area (Å²) in [4.78, 5) is 12.6. The van der Waals surface area contributed by atoms with Crippen LogP contribution in [0.5, 0.6) is 11.5 Å². The number of halogens is 1. The Morgan fingerprint density at radius 3 is 2.57 bits per heavy atom. The summed E-state index contributed by atoms with van der Waals surface area (Å²) in [5.41, 5.74) is 5.22. The van der Waals surface area contributed by atoms with Crippen molar-refractivity contribution < 1.29 is 27.4 Å². The number of carbonyl (C=O) groups excluding carboxylic acids is 1. The van der Waals surface area contributed by atoms with E-state index in [1.165, 1.54) is 24.3 Å². The van der Waals surface area contributed by atoms with E-state index in [1.807, 2.05) is 0 Å². The van der Waals surface area contributed by atoms with Gasteiger partial charge in [0.2, 0.25) is 6.79 Å². The monoisotopic (exact) mass is 423 g/mol. The number of fused-ring (bicyclic) bond motifs is 1. The van der Waals surface area contributed by atoms with Crippen molar-refractivity contribution in [1.82, 2.24) is 0 Å². The molecule has 1 fully saturated rings. The van der Waals surface area contributed by atoms with E-state index in [2.05, 4.69) is 0 Å². The van der Waals surface area contributed by atoms with Crippen molar-refractivity contribution in [2.24, 2.45) is 5.73 Å². The van der Waals surface area contributed by atoms with Crippen molar-refractivity contribution in [1.29, 1.82) is 0 Å². The van der Waals surface area contributed by atoms with Crippen LogP contribution in [-0.4, -0.2) is 38.6 Å². The Bertz CT molecular complexity index is 1040. The van der Waals surface area contributed by atoms with Crippen molar-refractivity contribution >= 4 is 27.4 Å². The van der Waals surface area contributed by atoms with Crippen molar-refractivity contribution in [2.75, 3.05) is 13.4 Å². The van der Waals surface area contributed by atoms with Crippen LogP contribution in [0, 0.1) is 0 Å². The molecular formula is C19H18ClNO6S. The molecule has 2 aromatic rings. The minimum Gasteiger partial charge on any atom is -0.465 e. The minimum atomic E-state index is -3.92. The lowest BCUT2D eigenvalue weighted by Gasteiger charge is -2.11. The molecule has 148 valence electrons. The maximum atomic E-state index is 13.3. The van der Waals surface area contributed by atoms with Crippen LogP contribution in [0.25, 0.3) is 0 Å². The molecule has 0 spiro atoms. The lowest BCUT2D eigenvalue weighted by Crippen LogP contribution is -2.41. The van der Waals surface area contributed by atoms with E-state index in [0.29, 0.717) is 22.1 Å². The van der Waals surface area contributed by atoms with Crippen molar-refractivity contribution in [3.05, 3.63) is 53.1 Å². The molecule has 0 radical (unpaired) electrons. The third kappa shape index (κ3) is 2.83. The number of nitrogens with two attached hydrogens (primary N) is 1. The number of esters is 1. The van der Waals surface area contributed by atoms with Gasteiger partial charge in [0.05, 0.1) is 11.5 Å². The predicted octanol–water partition coefficient (Wildman–Crippen LogP) is 2.27. The smallest absolute Gasteiger partial charge is 0.328 e. The molecule has 1 heterocycles. The van der Waals surface area contributed by atoms with E-state index in [9.17, 15) is 13.2 Å². The Balaban J connectivity index is 1.77. The quantitative estimate of drug-likeness (QED) is 0.735. The van der Waals surface area contributed by atoms with E-state index in [4.69, 9.17) is 31.5 Å². The van der Waals surface area contributed by atoms with Crippen LogP contribution in [0.3, 0.4) is 0 Å². The number of sulfone groups is 1. The Morgan fingerprint density at radius 1 is 1.21 bits per heavy atom. The molecule has 0 unspecified atom stereocenters. The molecule has 2 aromatic carbocycles. The van der Waals surface area contributed by atoms with E-state index in [0.717, 1.165) is 0 Å². The molecule has 0 saturated heterocycles. The summed E-state index contributed by atoms with van der Waals surface area (Å²) < 4.78 is 42.3. The molecule has 7 nitrogen and oxygen atoms in total. The number of benzene rings is 2. The Morgan fingerprint density at radius 2 is 1.89 bits per heavy atom. The van der Waals surface area contributed by atoms with Gasteiger partial charge in [0, 0.05) is 10.9 Å². The Hall–Kier alpha value is -2.29. The van der Waals surface area contributed by atoms with E-state index in [1.54, 1.807) is 25.1 Å². The van der Waals surface area contributed by atoms with Crippen LogP contribution in [-0.2, 0) is 19.4 Å². The van der Waals surface area contributed by atoms with Gasteiger partial charge in [-0.25, -0.2) is 13.2 Å². The summed E-state index contributed by atoms with van der Waals surface area (Å²) in [7, 11) is -3.92. The van der Waals surface area contributed by atoms with Gasteiger partial charge in [0.25, 0.3) is 0 Å². The standard InChI is InChI=1S/C19H18ClNO6S/c1-2-25-18(22)19(21)16(11-3-8-14-15(9-11)27-10-26-14)17(19)28(23,24)13-6-4-12(20)5-7-13/h3-9,16-17H,2,10,21H2,1H3/t16-,17-,19-/m0/s1. The maximum Gasteiger partial charge on any atom is 0.328 e. The lowest BCUT2D eigenvalue weighted by molar-refractivity contribution is -0.145. The fourth-order valence-electron chi connectivity index (χ4n) is 3.64.